The number of hydrogen-bond donors (Lipinski definition) is 1. The average Bonchev–Trinajstić information content (AvgIpc) is 2.79. The van der Waals surface area contributed by atoms with Crippen molar-refractivity contribution in [2.45, 2.75) is 51.6 Å². The second-order valence-corrected chi connectivity index (χ2v) is 6.80. The summed E-state index contributed by atoms with van der Waals surface area (Å²) in [4.78, 5) is 0. The first kappa shape index (κ1) is 14.3. The van der Waals surface area contributed by atoms with Gasteiger partial charge in [0.2, 0.25) is 0 Å². The van der Waals surface area contributed by atoms with E-state index in [2.05, 4.69) is 25.5 Å². The molecule has 2 N–H and O–H groups in total. The molecule has 1 aliphatic carbocycles. The van der Waals surface area contributed by atoms with E-state index in [4.69, 9.17) is 10.8 Å². The van der Waals surface area contributed by atoms with Gasteiger partial charge in [0.25, 0.3) is 0 Å². The zero-order chi connectivity index (χ0) is 15.2. The lowest BCUT2D eigenvalue weighted by Gasteiger charge is -2.26. The van der Waals surface area contributed by atoms with Gasteiger partial charge >= 0.3 is 0 Å². The molecule has 1 unspecified atom stereocenters. The normalized spacial score (nSPS) is 18.6. The summed E-state index contributed by atoms with van der Waals surface area (Å²) < 4.78 is 15.6. The molecule has 3 nitrogen and oxygen atoms in total. The van der Waals surface area contributed by atoms with E-state index in [0.717, 1.165) is 36.1 Å². The van der Waals surface area contributed by atoms with Crippen molar-refractivity contribution >= 4 is 0 Å². The van der Waals surface area contributed by atoms with Crippen molar-refractivity contribution in [1.29, 1.82) is 0 Å². The molecule has 0 fully saturated rings. The molecule has 1 aromatic carbocycles. The Bertz CT molecular complexity index is 667. The average molecular weight is 287 g/mol. The summed E-state index contributed by atoms with van der Waals surface area (Å²) in [5, 5.41) is 4.79. The lowest BCUT2D eigenvalue weighted by atomic mass is 9.89. The second-order valence-electron chi connectivity index (χ2n) is 6.80. The number of halogens is 1. The minimum absolute atomic E-state index is 0.0110. The van der Waals surface area contributed by atoms with E-state index in [1.165, 1.54) is 17.8 Å². The van der Waals surface area contributed by atoms with Gasteiger partial charge in [0.05, 0.1) is 11.2 Å². The molecule has 3 rings (SSSR count). The van der Waals surface area contributed by atoms with Crippen LogP contribution < -0.4 is 5.73 Å². The fourth-order valence-corrected chi connectivity index (χ4v) is 3.13. The zero-order valence-electron chi connectivity index (χ0n) is 12.9. The number of nitrogens with zero attached hydrogens (tertiary/aromatic N) is 2. The maximum atomic E-state index is 13.6. The van der Waals surface area contributed by atoms with E-state index < -0.39 is 0 Å². The van der Waals surface area contributed by atoms with Crippen LogP contribution in [0.5, 0.6) is 0 Å². The van der Waals surface area contributed by atoms with Crippen LogP contribution in [0.15, 0.2) is 24.3 Å². The topological polar surface area (TPSA) is 43.8 Å². The highest BCUT2D eigenvalue weighted by Gasteiger charge is 2.30. The molecule has 1 aliphatic rings. The van der Waals surface area contributed by atoms with Crippen LogP contribution in [-0.4, -0.2) is 9.78 Å². The monoisotopic (exact) mass is 287 g/mol. The lowest BCUT2D eigenvalue weighted by Crippen LogP contribution is -2.27. The van der Waals surface area contributed by atoms with Crippen molar-refractivity contribution in [3.05, 3.63) is 41.3 Å². The summed E-state index contributed by atoms with van der Waals surface area (Å²) in [7, 11) is 0. The highest BCUT2D eigenvalue weighted by atomic mass is 19.1. The van der Waals surface area contributed by atoms with Gasteiger partial charge in [0.1, 0.15) is 5.82 Å². The summed E-state index contributed by atoms with van der Waals surface area (Å²) in [6, 6.07) is 6.61. The fourth-order valence-electron chi connectivity index (χ4n) is 3.13. The third kappa shape index (κ3) is 2.48. The summed E-state index contributed by atoms with van der Waals surface area (Å²) >= 11 is 0. The smallest absolute Gasteiger partial charge is 0.123 e. The number of rotatable bonds is 1. The Morgan fingerprint density at radius 2 is 2.10 bits per heavy atom. The summed E-state index contributed by atoms with van der Waals surface area (Å²) in [6.07, 6.45) is 3.03. The van der Waals surface area contributed by atoms with Crippen LogP contribution in [0.25, 0.3) is 11.3 Å². The van der Waals surface area contributed by atoms with Gasteiger partial charge < -0.3 is 5.73 Å². The number of hydrogen-bond acceptors (Lipinski definition) is 2. The molecule has 1 aromatic heterocycles. The van der Waals surface area contributed by atoms with Gasteiger partial charge in [-0.25, -0.2) is 4.39 Å². The van der Waals surface area contributed by atoms with Crippen LogP contribution in [-0.2, 0) is 12.0 Å². The van der Waals surface area contributed by atoms with E-state index in [1.54, 1.807) is 6.07 Å². The molecule has 0 saturated carbocycles. The Balaban J connectivity index is 2.24. The van der Waals surface area contributed by atoms with Gasteiger partial charge in [-0.1, -0.05) is 12.1 Å². The summed E-state index contributed by atoms with van der Waals surface area (Å²) in [5.41, 5.74) is 10.2. The second kappa shape index (κ2) is 4.95. The van der Waals surface area contributed by atoms with E-state index in [1.807, 2.05) is 6.07 Å². The Labute approximate surface area is 125 Å². The van der Waals surface area contributed by atoms with Crippen molar-refractivity contribution in [1.82, 2.24) is 9.78 Å². The largest absolute Gasteiger partial charge is 0.324 e. The van der Waals surface area contributed by atoms with Crippen LogP contribution in [0.3, 0.4) is 0 Å². The van der Waals surface area contributed by atoms with Crippen LogP contribution in [0.4, 0.5) is 4.39 Å². The van der Waals surface area contributed by atoms with E-state index in [-0.39, 0.29) is 17.4 Å². The minimum atomic E-state index is -0.240. The molecule has 0 saturated heterocycles. The van der Waals surface area contributed by atoms with E-state index in [9.17, 15) is 4.39 Å². The molecule has 21 heavy (non-hydrogen) atoms. The SMILES string of the molecule is CC(C)(C)n1nc(-c2cccc(F)c2)c2c1CCCC2N. The van der Waals surface area contributed by atoms with Crippen LogP contribution in [0, 0.1) is 5.82 Å². The Morgan fingerprint density at radius 1 is 1.33 bits per heavy atom. The van der Waals surface area contributed by atoms with Gasteiger partial charge in [0.15, 0.2) is 0 Å². The molecule has 112 valence electrons. The van der Waals surface area contributed by atoms with Crippen LogP contribution >= 0.6 is 0 Å². The molecule has 0 bridgehead atoms. The van der Waals surface area contributed by atoms with E-state index >= 15 is 0 Å². The van der Waals surface area contributed by atoms with Crippen LogP contribution in [0.1, 0.15) is 50.9 Å². The maximum absolute atomic E-state index is 13.6. The van der Waals surface area contributed by atoms with Crippen LogP contribution in [0.2, 0.25) is 0 Å². The first-order valence-electron chi connectivity index (χ1n) is 7.51. The standard InChI is InChI=1S/C17H22FN3/c1-17(2,3)21-14-9-5-8-13(19)15(14)16(20-21)11-6-4-7-12(18)10-11/h4,6-7,10,13H,5,8-9,19H2,1-3H3. The molecule has 0 aliphatic heterocycles. The quantitative estimate of drug-likeness (QED) is 0.867. The van der Waals surface area contributed by atoms with Crippen molar-refractivity contribution in [3.63, 3.8) is 0 Å². The minimum Gasteiger partial charge on any atom is -0.324 e. The summed E-state index contributed by atoms with van der Waals surface area (Å²) in [5.74, 6) is -0.240. The molecular formula is C17H22FN3. The molecule has 4 heteroatoms. The van der Waals surface area contributed by atoms with Gasteiger partial charge in [-0.2, -0.15) is 5.10 Å². The first-order valence-corrected chi connectivity index (χ1v) is 7.51. The molecule has 0 amide bonds. The predicted molar refractivity (Wildman–Crippen MR) is 82.5 cm³/mol. The van der Waals surface area contributed by atoms with Crippen molar-refractivity contribution in [2.24, 2.45) is 5.73 Å². The maximum Gasteiger partial charge on any atom is 0.123 e. The number of fused-ring (bicyclic) bond motifs is 1. The van der Waals surface area contributed by atoms with Crippen molar-refractivity contribution < 1.29 is 4.39 Å². The summed E-state index contributed by atoms with van der Waals surface area (Å²) in [6.45, 7) is 6.40. The molecule has 0 spiro atoms. The third-order valence-electron chi connectivity index (χ3n) is 4.05. The Hall–Kier alpha value is -1.68. The number of nitrogens with two attached hydrogens (primary N) is 1. The zero-order valence-corrected chi connectivity index (χ0v) is 12.9. The van der Waals surface area contributed by atoms with Gasteiger partial charge in [-0.3, -0.25) is 4.68 Å². The van der Waals surface area contributed by atoms with Gasteiger partial charge in [-0.15, -0.1) is 0 Å². The third-order valence-corrected chi connectivity index (χ3v) is 4.05. The highest BCUT2D eigenvalue weighted by Crippen LogP contribution is 2.38. The van der Waals surface area contributed by atoms with Crippen molar-refractivity contribution in [3.8, 4) is 11.3 Å². The Kier molecular flexibility index (Phi) is 3.36. The molecule has 1 heterocycles. The molecule has 0 radical (unpaired) electrons. The van der Waals surface area contributed by atoms with Gasteiger partial charge in [-0.05, 0) is 52.2 Å². The highest BCUT2D eigenvalue weighted by molar-refractivity contribution is 5.65. The molecular weight excluding hydrogens is 265 g/mol. The fraction of sp³-hybridized carbons (Fsp3) is 0.471. The van der Waals surface area contributed by atoms with Gasteiger partial charge in [0, 0.05) is 22.9 Å². The van der Waals surface area contributed by atoms with E-state index in [0.29, 0.717) is 0 Å². The lowest BCUT2D eigenvalue weighted by molar-refractivity contribution is 0.338. The van der Waals surface area contributed by atoms with Crippen molar-refractivity contribution in [2.75, 3.05) is 0 Å². The first-order chi connectivity index (χ1) is 9.88. The Morgan fingerprint density at radius 3 is 2.76 bits per heavy atom. The predicted octanol–water partition coefficient (Wildman–Crippen LogP) is 3.78. The number of benzene rings is 1. The molecule has 1 atom stereocenters. The number of aromatic nitrogens is 2. The molecule has 2 aromatic rings.